The molecule has 0 radical (unpaired) electrons. The lowest BCUT2D eigenvalue weighted by Crippen LogP contribution is -2.17. The fourth-order valence-corrected chi connectivity index (χ4v) is 2.95. The molecular weight excluding hydrogens is 253 g/mol. The number of hydrogen-bond acceptors (Lipinski definition) is 4. The van der Waals surface area contributed by atoms with Crippen molar-refractivity contribution in [3.63, 3.8) is 0 Å². The monoisotopic (exact) mass is 260 g/mol. The van der Waals surface area contributed by atoms with Crippen molar-refractivity contribution in [1.29, 1.82) is 0 Å². The number of rotatable bonds is 2. The summed E-state index contributed by atoms with van der Waals surface area (Å²) in [5.41, 5.74) is -1.17. The first kappa shape index (κ1) is 12.4. The van der Waals surface area contributed by atoms with Crippen LogP contribution in [0.5, 0.6) is 0 Å². The molecule has 4 nitrogen and oxygen atoms in total. The van der Waals surface area contributed by atoms with Gasteiger partial charge in [0.15, 0.2) is 5.69 Å². The van der Waals surface area contributed by atoms with Crippen molar-refractivity contribution in [2.75, 3.05) is 0 Å². The average Bonchev–Trinajstić information content (AvgIpc) is 2.25. The van der Waals surface area contributed by atoms with Crippen LogP contribution < -0.4 is 5.14 Å². The summed E-state index contributed by atoms with van der Waals surface area (Å²) in [6.45, 7) is 1.37. The minimum atomic E-state index is -4.65. The van der Waals surface area contributed by atoms with Crippen LogP contribution in [0.1, 0.15) is 15.6 Å². The molecule has 0 saturated heterocycles. The third-order valence-electron chi connectivity index (χ3n) is 1.41. The minimum absolute atomic E-state index is 0.154. The molecule has 9 heteroatoms. The zero-order valence-electron chi connectivity index (χ0n) is 7.50. The van der Waals surface area contributed by atoms with E-state index < -0.39 is 27.6 Å². The summed E-state index contributed by atoms with van der Waals surface area (Å²) in [5, 5.41) is 4.83. The second-order valence-electron chi connectivity index (χ2n) is 2.81. The molecule has 15 heavy (non-hydrogen) atoms. The zero-order chi connectivity index (χ0) is 11.9. The highest BCUT2D eigenvalue weighted by molar-refractivity contribution is 7.88. The Morgan fingerprint density at radius 2 is 2.00 bits per heavy atom. The maximum atomic E-state index is 12.3. The first-order valence-corrected chi connectivity index (χ1v) is 6.17. The lowest BCUT2D eigenvalue weighted by atomic mass is 10.4. The Hall–Kier alpha value is -0.670. The molecular formula is C6H7F3N2O2S2. The summed E-state index contributed by atoms with van der Waals surface area (Å²) in [6.07, 6.45) is -4.65. The minimum Gasteiger partial charge on any atom is -0.237 e. The topological polar surface area (TPSA) is 73.0 Å². The quantitative estimate of drug-likeness (QED) is 0.870. The fraction of sp³-hybridized carbons (Fsp3) is 0.500. The number of nitrogens with two attached hydrogens (primary N) is 1. The van der Waals surface area contributed by atoms with Crippen LogP contribution in [0.2, 0.25) is 0 Å². The van der Waals surface area contributed by atoms with Crippen LogP contribution in [0.15, 0.2) is 0 Å². The molecule has 0 spiro atoms. The highest BCUT2D eigenvalue weighted by Gasteiger charge is 2.37. The van der Waals surface area contributed by atoms with E-state index in [1.165, 1.54) is 6.92 Å². The molecule has 0 fully saturated rings. The van der Waals surface area contributed by atoms with Gasteiger partial charge in [0.25, 0.3) is 0 Å². The summed E-state index contributed by atoms with van der Waals surface area (Å²) in [7, 11) is -3.98. The molecule has 0 saturated carbocycles. The van der Waals surface area contributed by atoms with Crippen molar-refractivity contribution in [1.82, 2.24) is 4.98 Å². The lowest BCUT2D eigenvalue weighted by Gasteiger charge is -2.04. The molecule has 0 aliphatic carbocycles. The number of hydrogen-bond donors (Lipinski definition) is 1. The van der Waals surface area contributed by atoms with Crippen LogP contribution in [-0.4, -0.2) is 13.4 Å². The molecule has 1 heterocycles. The van der Waals surface area contributed by atoms with Gasteiger partial charge in [0.05, 0.1) is 9.88 Å². The van der Waals surface area contributed by atoms with Crippen LogP contribution in [0.4, 0.5) is 13.2 Å². The molecule has 0 bridgehead atoms. The molecule has 1 aromatic heterocycles. The summed E-state index contributed by atoms with van der Waals surface area (Å²) in [4.78, 5) is 2.87. The van der Waals surface area contributed by atoms with E-state index in [0.29, 0.717) is 11.3 Å². The highest BCUT2D eigenvalue weighted by atomic mass is 32.2. The molecule has 0 aliphatic rings. The number of primary sulfonamides is 1. The van der Waals surface area contributed by atoms with Gasteiger partial charge in [0.1, 0.15) is 5.75 Å². The van der Waals surface area contributed by atoms with Gasteiger partial charge in [-0.25, -0.2) is 18.5 Å². The molecule has 2 N–H and O–H groups in total. The molecule has 86 valence electrons. The van der Waals surface area contributed by atoms with Crippen molar-refractivity contribution >= 4 is 21.4 Å². The Labute approximate surface area is 88.0 Å². The van der Waals surface area contributed by atoms with Crippen molar-refractivity contribution < 1.29 is 21.6 Å². The van der Waals surface area contributed by atoms with Crippen LogP contribution in [0, 0.1) is 6.92 Å². The Morgan fingerprint density at radius 1 is 1.47 bits per heavy atom. The van der Waals surface area contributed by atoms with E-state index in [1.807, 2.05) is 0 Å². The Kier molecular flexibility index (Phi) is 3.08. The Balaban J connectivity index is 3.19. The molecule has 0 unspecified atom stereocenters. The highest BCUT2D eigenvalue weighted by Crippen LogP contribution is 2.34. The van der Waals surface area contributed by atoms with Crippen LogP contribution in [0.25, 0.3) is 0 Å². The molecule has 0 aliphatic heterocycles. The van der Waals surface area contributed by atoms with E-state index in [2.05, 4.69) is 10.1 Å². The summed E-state index contributed by atoms with van der Waals surface area (Å²) in [6, 6.07) is 0. The number of aromatic nitrogens is 1. The number of alkyl halides is 3. The largest absolute Gasteiger partial charge is 0.434 e. The van der Waals surface area contributed by atoms with Crippen molar-refractivity contribution in [3.8, 4) is 0 Å². The third-order valence-corrected chi connectivity index (χ3v) is 3.25. The van der Waals surface area contributed by atoms with Crippen LogP contribution >= 0.6 is 11.3 Å². The molecule has 0 atom stereocenters. The van der Waals surface area contributed by atoms with E-state index in [0.717, 1.165) is 0 Å². The number of halogens is 3. The SMILES string of the molecule is Cc1nc(C(F)(F)F)c(CS(N)(=O)=O)s1. The maximum Gasteiger partial charge on any atom is 0.434 e. The molecule has 0 amide bonds. The van der Waals surface area contributed by atoms with Crippen LogP contribution in [0.3, 0.4) is 0 Å². The van der Waals surface area contributed by atoms with Gasteiger partial charge in [-0.05, 0) is 6.92 Å². The maximum absolute atomic E-state index is 12.3. The van der Waals surface area contributed by atoms with Gasteiger partial charge in [0, 0.05) is 0 Å². The molecule has 0 aromatic carbocycles. The number of sulfonamides is 1. The third kappa shape index (κ3) is 3.43. The Bertz CT molecular complexity index is 463. The van der Waals surface area contributed by atoms with E-state index in [4.69, 9.17) is 0 Å². The average molecular weight is 260 g/mol. The fourth-order valence-electron chi connectivity index (χ4n) is 0.971. The van der Waals surface area contributed by atoms with Crippen molar-refractivity contribution in [2.45, 2.75) is 18.9 Å². The van der Waals surface area contributed by atoms with Gasteiger partial charge in [0.2, 0.25) is 10.0 Å². The Morgan fingerprint density at radius 3 is 2.40 bits per heavy atom. The molecule has 1 rings (SSSR count). The van der Waals surface area contributed by atoms with E-state index >= 15 is 0 Å². The summed E-state index contributed by atoms with van der Waals surface area (Å²) in [5.74, 6) is -0.840. The standard InChI is InChI=1S/C6H7F3N2O2S2/c1-3-11-5(6(7,8)9)4(14-3)2-15(10,12)13/h2H2,1H3,(H2,10,12,13). The van der Waals surface area contributed by atoms with E-state index in [-0.39, 0.29) is 9.88 Å². The van der Waals surface area contributed by atoms with Crippen LogP contribution in [-0.2, 0) is 22.0 Å². The van der Waals surface area contributed by atoms with Gasteiger partial charge in [-0.2, -0.15) is 13.2 Å². The van der Waals surface area contributed by atoms with E-state index in [9.17, 15) is 21.6 Å². The zero-order valence-corrected chi connectivity index (χ0v) is 9.13. The summed E-state index contributed by atoms with van der Waals surface area (Å²) >= 11 is 0.678. The lowest BCUT2D eigenvalue weighted by molar-refractivity contribution is -0.141. The van der Waals surface area contributed by atoms with Gasteiger partial charge in [-0.3, -0.25) is 0 Å². The second kappa shape index (κ2) is 3.72. The van der Waals surface area contributed by atoms with Gasteiger partial charge in [-0.1, -0.05) is 0 Å². The van der Waals surface area contributed by atoms with Gasteiger partial charge in [-0.15, -0.1) is 11.3 Å². The molecule has 1 aromatic rings. The van der Waals surface area contributed by atoms with Gasteiger partial charge < -0.3 is 0 Å². The normalized spacial score (nSPS) is 13.1. The van der Waals surface area contributed by atoms with Crippen molar-refractivity contribution in [3.05, 3.63) is 15.6 Å². The van der Waals surface area contributed by atoms with Crippen molar-refractivity contribution in [2.24, 2.45) is 5.14 Å². The van der Waals surface area contributed by atoms with Gasteiger partial charge >= 0.3 is 6.18 Å². The number of nitrogens with zero attached hydrogens (tertiary/aromatic N) is 1. The first-order valence-electron chi connectivity index (χ1n) is 3.63. The number of thiazole rings is 1. The summed E-state index contributed by atoms with van der Waals surface area (Å²) < 4.78 is 58.4. The number of aryl methyl sites for hydroxylation is 1. The predicted molar refractivity (Wildman–Crippen MR) is 48.7 cm³/mol. The van der Waals surface area contributed by atoms with E-state index in [1.54, 1.807) is 0 Å². The smallest absolute Gasteiger partial charge is 0.237 e. The second-order valence-corrected chi connectivity index (χ2v) is 5.71. The predicted octanol–water partition coefficient (Wildman–Crippen LogP) is 1.26. The first-order chi connectivity index (χ1) is 6.59.